The van der Waals surface area contributed by atoms with Gasteiger partial charge in [-0.3, -0.25) is 0 Å². The van der Waals surface area contributed by atoms with Crippen LogP contribution < -0.4 is 0 Å². The third-order valence-electron chi connectivity index (χ3n) is 2.36. The van der Waals surface area contributed by atoms with E-state index in [1.54, 1.807) is 0 Å². The summed E-state index contributed by atoms with van der Waals surface area (Å²) in [5.74, 6) is 0. The zero-order valence-corrected chi connectivity index (χ0v) is 13.3. The fraction of sp³-hybridized carbons (Fsp3) is 1.00. The minimum absolute atomic E-state index is 0.392. The van der Waals surface area contributed by atoms with Crippen LogP contribution in [0.25, 0.3) is 0 Å². The van der Waals surface area contributed by atoms with Gasteiger partial charge in [0.15, 0.2) is 16.6 Å². The van der Waals surface area contributed by atoms with Gasteiger partial charge in [0.05, 0.1) is 13.2 Å². The van der Waals surface area contributed by atoms with Gasteiger partial charge in [0.25, 0.3) is 0 Å². The second-order valence-electron chi connectivity index (χ2n) is 6.11. The molecule has 16 heavy (non-hydrogen) atoms. The molecule has 1 aliphatic rings. The summed E-state index contributed by atoms with van der Waals surface area (Å²) in [4.78, 5) is 0. The third kappa shape index (κ3) is 7.56. The number of hydrogen-bond acceptors (Lipinski definition) is 3. The maximum absolute atomic E-state index is 6.26. The van der Waals surface area contributed by atoms with Crippen LogP contribution in [0.15, 0.2) is 0 Å². The van der Waals surface area contributed by atoms with Gasteiger partial charge < -0.3 is 13.6 Å². The first-order valence-electron chi connectivity index (χ1n) is 6.18. The number of rotatable bonds is 8. The lowest BCUT2D eigenvalue weighted by Gasteiger charge is -2.31. The van der Waals surface area contributed by atoms with Crippen LogP contribution in [0.3, 0.4) is 0 Å². The Morgan fingerprint density at radius 3 is 2.31 bits per heavy atom. The third-order valence-corrected chi connectivity index (χ3v) is 8.57. The first kappa shape index (κ1) is 14.4. The van der Waals surface area contributed by atoms with Gasteiger partial charge in [0, 0.05) is 6.61 Å². The molecule has 0 unspecified atom stereocenters. The highest BCUT2D eigenvalue weighted by atomic mass is 28.4. The highest BCUT2D eigenvalue weighted by molar-refractivity contribution is 6.84. The van der Waals surface area contributed by atoms with Crippen molar-refractivity contribution in [3.63, 3.8) is 0 Å². The van der Waals surface area contributed by atoms with E-state index in [1.807, 2.05) is 0 Å². The molecular weight excluding hydrogens is 236 g/mol. The maximum atomic E-state index is 6.26. The largest absolute Gasteiger partial charge is 0.456 e. The van der Waals surface area contributed by atoms with Crippen LogP contribution >= 0.6 is 0 Å². The van der Waals surface area contributed by atoms with Crippen LogP contribution in [0, 0.1) is 0 Å². The molecular formula is C11H26O3Si2. The summed E-state index contributed by atoms with van der Waals surface area (Å²) < 4.78 is 16.9. The van der Waals surface area contributed by atoms with E-state index in [2.05, 4.69) is 32.7 Å². The summed E-state index contributed by atoms with van der Waals surface area (Å²) in [5, 5.41) is 0. The molecule has 0 bridgehead atoms. The summed E-state index contributed by atoms with van der Waals surface area (Å²) >= 11 is 0. The van der Waals surface area contributed by atoms with Crippen LogP contribution in [0.2, 0.25) is 38.8 Å². The molecule has 0 aliphatic carbocycles. The van der Waals surface area contributed by atoms with Gasteiger partial charge in [-0.2, -0.15) is 0 Å². The molecule has 0 amide bonds. The van der Waals surface area contributed by atoms with Crippen molar-refractivity contribution in [3.8, 4) is 0 Å². The van der Waals surface area contributed by atoms with Gasteiger partial charge >= 0.3 is 0 Å². The van der Waals surface area contributed by atoms with E-state index >= 15 is 0 Å². The predicted octanol–water partition coefficient (Wildman–Crippen LogP) is 2.85. The molecule has 0 saturated carbocycles. The fourth-order valence-electron chi connectivity index (χ4n) is 1.86. The van der Waals surface area contributed by atoms with Gasteiger partial charge in [-0.05, 0) is 45.2 Å². The van der Waals surface area contributed by atoms with E-state index in [4.69, 9.17) is 13.6 Å². The number of hydrogen-bond donors (Lipinski definition) is 0. The molecule has 1 rings (SSSR count). The molecule has 1 atom stereocenters. The minimum atomic E-state index is -1.45. The van der Waals surface area contributed by atoms with E-state index in [-0.39, 0.29) is 0 Å². The summed E-state index contributed by atoms with van der Waals surface area (Å²) in [6.07, 6.45) is 1.51. The summed E-state index contributed by atoms with van der Waals surface area (Å²) in [5.41, 5.74) is 0. The SMILES string of the molecule is C[Si](C)(C)O[Si](C)(C)CCCOC[C@H]1CO1. The average Bonchev–Trinajstić information content (AvgIpc) is 2.82. The zero-order valence-electron chi connectivity index (χ0n) is 11.3. The van der Waals surface area contributed by atoms with Gasteiger partial charge in [-0.1, -0.05) is 0 Å². The van der Waals surface area contributed by atoms with E-state index in [9.17, 15) is 0 Å². The Labute approximate surface area is 102 Å². The minimum Gasteiger partial charge on any atom is -0.456 e. The van der Waals surface area contributed by atoms with Crippen molar-refractivity contribution in [1.82, 2.24) is 0 Å². The smallest absolute Gasteiger partial charge is 0.173 e. The van der Waals surface area contributed by atoms with Crippen LogP contribution in [0.4, 0.5) is 0 Å². The van der Waals surface area contributed by atoms with Gasteiger partial charge in [-0.25, -0.2) is 0 Å². The summed E-state index contributed by atoms with van der Waals surface area (Å²) in [7, 11) is -2.82. The molecule has 0 radical (unpaired) electrons. The monoisotopic (exact) mass is 262 g/mol. The molecule has 1 heterocycles. The fourth-order valence-corrected chi connectivity index (χ4v) is 9.89. The zero-order chi connectivity index (χ0) is 12.2. The Morgan fingerprint density at radius 2 is 1.81 bits per heavy atom. The highest BCUT2D eigenvalue weighted by Gasteiger charge is 2.29. The quantitative estimate of drug-likeness (QED) is 0.383. The Bertz CT molecular complexity index is 210. The number of epoxide rings is 1. The van der Waals surface area contributed by atoms with E-state index in [0.717, 1.165) is 26.2 Å². The van der Waals surface area contributed by atoms with Crippen LogP contribution in [-0.4, -0.2) is 42.6 Å². The molecule has 0 aromatic heterocycles. The van der Waals surface area contributed by atoms with Gasteiger partial charge in [0.1, 0.15) is 6.10 Å². The van der Waals surface area contributed by atoms with Crippen molar-refractivity contribution in [2.45, 2.75) is 51.3 Å². The standard InChI is InChI=1S/C11H26O3Si2/c1-15(2,3)14-16(4,5)8-6-7-12-9-11-10-13-11/h11H,6-10H2,1-5H3/t11-/m0/s1. The topological polar surface area (TPSA) is 31.0 Å². The molecule has 0 aromatic carbocycles. The second kappa shape index (κ2) is 5.77. The van der Waals surface area contributed by atoms with Crippen LogP contribution in [0.1, 0.15) is 6.42 Å². The Morgan fingerprint density at radius 1 is 1.19 bits per heavy atom. The normalized spacial score (nSPS) is 21.2. The molecule has 96 valence electrons. The molecule has 1 aliphatic heterocycles. The molecule has 0 spiro atoms. The lowest BCUT2D eigenvalue weighted by atomic mass is 10.5. The van der Waals surface area contributed by atoms with Crippen LogP contribution in [0.5, 0.6) is 0 Å². The molecule has 1 fully saturated rings. The summed E-state index contributed by atoms with van der Waals surface area (Å²) in [6, 6.07) is 1.20. The maximum Gasteiger partial charge on any atom is 0.173 e. The van der Waals surface area contributed by atoms with Crippen molar-refractivity contribution in [2.75, 3.05) is 19.8 Å². The predicted molar refractivity (Wildman–Crippen MR) is 71.9 cm³/mol. The van der Waals surface area contributed by atoms with Crippen molar-refractivity contribution in [3.05, 3.63) is 0 Å². The van der Waals surface area contributed by atoms with Gasteiger partial charge in [0.2, 0.25) is 0 Å². The molecule has 1 saturated heterocycles. The molecule has 5 heteroatoms. The molecule has 0 N–H and O–H groups in total. The van der Waals surface area contributed by atoms with Crippen molar-refractivity contribution in [2.24, 2.45) is 0 Å². The lowest BCUT2D eigenvalue weighted by Crippen LogP contribution is -2.42. The summed E-state index contributed by atoms with van der Waals surface area (Å²) in [6.45, 7) is 13.9. The lowest BCUT2D eigenvalue weighted by molar-refractivity contribution is 0.116. The Balaban J connectivity index is 2.04. The van der Waals surface area contributed by atoms with E-state index in [1.165, 1.54) is 6.04 Å². The van der Waals surface area contributed by atoms with Crippen molar-refractivity contribution in [1.29, 1.82) is 0 Å². The first-order valence-corrected chi connectivity index (χ1v) is 12.7. The van der Waals surface area contributed by atoms with E-state index < -0.39 is 16.6 Å². The first-order chi connectivity index (χ1) is 7.29. The van der Waals surface area contributed by atoms with Crippen molar-refractivity contribution < 1.29 is 13.6 Å². The molecule has 0 aromatic rings. The Kier molecular flexibility index (Phi) is 5.19. The van der Waals surface area contributed by atoms with Crippen LogP contribution in [-0.2, 0) is 13.6 Å². The Hall–Kier alpha value is 0.314. The van der Waals surface area contributed by atoms with Gasteiger partial charge in [-0.15, -0.1) is 0 Å². The average molecular weight is 262 g/mol. The van der Waals surface area contributed by atoms with Crippen molar-refractivity contribution >= 4 is 16.6 Å². The number of ether oxygens (including phenoxy) is 2. The second-order valence-corrected chi connectivity index (χ2v) is 15.2. The highest BCUT2D eigenvalue weighted by Crippen LogP contribution is 2.19. The van der Waals surface area contributed by atoms with E-state index in [0.29, 0.717) is 6.10 Å². The molecule has 3 nitrogen and oxygen atoms in total.